The Labute approximate surface area is 240 Å². The second-order valence-electron chi connectivity index (χ2n) is 10.5. The fourth-order valence-corrected chi connectivity index (χ4v) is 5.56. The van der Waals surface area contributed by atoms with E-state index in [0.717, 1.165) is 44.8 Å². The van der Waals surface area contributed by atoms with Gasteiger partial charge in [0.1, 0.15) is 5.76 Å². The highest BCUT2D eigenvalue weighted by Crippen LogP contribution is 2.30. The van der Waals surface area contributed by atoms with Gasteiger partial charge in [0, 0.05) is 69.9 Å². The Morgan fingerprint density at radius 2 is 1.73 bits per heavy atom. The van der Waals surface area contributed by atoms with Gasteiger partial charge in [0.15, 0.2) is 12.1 Å². The molecule has 3 heterocycles. The van der Waals surface area contributed by atoms with E-state index in [1.165, 1.54) is 17.6 Å². The number of nitrogens with one attached hydrogen (secondary N) is 2. The number of anilines is 3. The van der Waals surface area contributed by atoms with Gasteiger partial charge < -0.3 is 29.8 Å². The Hall–Kier alpha value is -4.34. The van der Waals surface area contributed by atoms with Crippen LogP contribution in [0.15, 0.2) is 53.3 Å². The minimum absolute atomic E-state index is 0.186. The van der Waals surface area contributed by atoms with Crippen LogP contribution in [-0.4, -0.2) is 73.4 Å². The SMILES string of the molecule is CCc1ocnc1C(=O)Nc1cc(C(=O)NCCCN2CCCC2=O)ccc1N1CCN(c2ccccc2C)CC1. The molecule has 2 saturated heterocycles. The number of aromatic nitrogens is 1. The maximum absolute atomic E-state index is 13.2. The topological polar surface area (TPSA) is 111 Å². The number of benzene rings is 2. The maximum Gasteiger partial charge on any atom is 0.277 e. The van der Waals surface area contributed by atoms with Crippen LogP contribution in [0.3, 0.4) is 0 Å². The minimum Gasteiger partial charge on any atom is -0.448 e. The zero-order chi connectivity index (χ0) is 28.8. The molecule has 0 radical (unpaired) electrons. The molecule has 1 aromatic heterocycles. The average molecular weight is 559 g/mol. The summed E-state index contributed by atoms with van der Waals surface area (Å²) >= 11 is 0. The van der Waals surface area contributed by atoms with Crippen LogP contribution in [0.5, 0.6) is 0 Å². The largest absolute Gasteiger partial charge is 0.448 e. The molecule has 216 valence electrons. The number of carbonyl (C=O) groups is 3. The standard InChI is InChI=1S/C31H38N6O4/c1-3-27-29(33-21-41-27)31(40)34-24-20-23(30(39)32-13-7-15-37-14-6-10-28(37)38)11-12-26(24)36-18-16-35(17-19-36)25-9-5-4-8-22(25)2/h4-5,8-9,11-12,20-21H,3,6-7,10,13-19H2,1-2H3,(H,32,39)(H,34,40). The molecule has 0 atom stereocenters. The number of nitrogens with zero attached hydrogens (tertiary/aromatic N) is 4. The average Bonchev–Trinajstić information content (AvgIpc) is 3.64. The van der Waals surface area contributed by atoms with Gasteiger partial charge in [0.2, 0.25) is 5.91 Å². The van der Waals surface area contributed by atoms with Crippen molar-refractivity contribution in [1.82, 2.24) is 15.2 Å². The number of oxazole rings is 1. The molecular weight excluding hydrogens is 520 g/mol. The molecule has 2 N–H and O–H groups in total. The van der Waals surface area contributed by atoms with Crippen molar-refractivity contribution in [2.45, 2.75) is 39.5 Å². The van der Waals surface area contributed by atoms with Crippen molar-refractivity contribution in [2.24, 2.45) is 0 Å². The lowest BCUT2D eigenvalue weighted by Crippen LogP contribution is -2.47. The summed E-state index contributed by atoms with van der Waals surface area (Å²) in [4.78, 5) is 48.7. The molecule has 5 rings (SSSR count). The van der Waals surface area contributed by atoms with Crippen LogP contribution < -0.4 is 20.4 Å². The first-order valence-corrected chi connectivity index (χ1v) is 14.4. The van der Waals surface area contributed by atoms with Crippen molar-refractivity contribution >= 4 is 34.8 Å². The number of para-hydroxylation sites is 1. The van der Waals surface area contributed by atoms with Gasteiger partial charge in [-0.1, -0.05) is 25.1 Å². The number of piperazine rings is 1. The lowest BCUT2D eigenvalue weighted by Gasteiger charge is -2.38. The van der Waals surface area contributed by atoms with E-state index in [4.69, 9.17) is 4.42 Å². The summed E-state index contributed by atoms with van der Waals surface area (Å²) in [5.74, 6) is 0.106. The van der Waals surface area contributed by atoms with Gasteiger partial charge in [-0.3, -0.25) is 14.4 Å². The number of aryl methyl sites for hydroxylation is 2. The maximum atomic E-state index is 13.2. The molecule has 0 bridgehead atoms. The molecule has 3 aromatic rings. The summed E-state index contributed by atoms with van der Waals surface area (Å²) in [6.07, 6.45) is 4.03. The van der Waals surface area contributed by atoms with E-state index in [0.29, 0.717) is 49.4 Å². The third-order valence-electron chi connectivity index (χ3n) is 7.82. The van der Waals surface area contributed by atoms with E-state index >= 15 is 0 Å². The van der Waals surface area contributed by atoms with Gasteiger partial charge in [-0.25, -0.2) is 4.98 Å². The Morgan fingerprint density at radius 3 is 2.44 bits per heavy atom. The van der Waals surface area contributed by atoms with Crippen molar-refractivity contribution in [2.75, 3.05) is 60.9 Å². The summed E-state index contributed by atoms with van der Waals surface area (Å²) in [5.41, 5.74) is 4.59. The van der Waals surface area contributed by atoms with Gasteiger partial charge in [-0.2, -0.15) is 0 Å². The highest BCUT2D eigenvalue weighted by molar-refractivity contribution is 6.06. The van der Waals surface area contributed by atoms with Crippen molar-refractivity contribution in [3.63, 3.8) is 0 Å². The Morgan fingerprint density at radius 1 is 0.976 bits per heavy atom. The molecule has 10 heteroatoms. The van der Waals surface area contributed by atoms with Crippen LogP contribution in [0, 0.1) is 6.92 Å². The summed E-state index contributed by atoms with van der Waals surface area (Å²) in [7, 11) is 0. The molecule has 0 unspecified atom stereocenters. The predicted molar refractivity (Wildman–Crippen MR) is 159 cm³/mol. The number of rotatable bonds is 10. The predicted octanol–water partition coefficient (Wildman–Crippen LogP) is 3.87. The molecule has 0 aliphatic carbocycles. The van der Waals surface area contributed by atoms with Gasteiger partial charge in [0.25, 0.3) is 11.8 Å². The zero-order valence-corrected chi connectivity index (χ0v) is 23.8. The van der Waals surface area contributed by atoms with Crippen LogP contribution in [-0.2, 0) is 11.2 Å². The monoisotopic (exact) mass is 558 g/mol. The van der Waals surface area contributed by atoms with Crippen molar-refractivity contribution < 1.29 is 18.8 Å². The molecular formula is C31H38N6O4. The highest BCUT2D eigenvalue weighted by Gasteiger charge is 2.24. The van der Waals surface area contributed by atoms with Crippen LogP contribution in [0.25, 0.3) is 0 Å². The Balaban J connectivity index is 1.30. The summed E-state index contributed by atoms with van der Waals surface area (Å²) in [6.45, 7) is 9.14. The van der Waals surface area contributed by atoms with Crippen LogP contribution in [0.1, 0.15) is 58.4 Å². The van der Waals surface area contributed by atoms with E-state index in [-0.39, 0.29) is 23.4 Å². The van der Waals surface area contributed by atoms with E-state index < -0.39 is 0 Å². The molecule has 2 aliphatic heterocycles. The Bertz CT molecular complexity index is 1390. The van der Waals surface area contributed by atoms with E-state index in [1.807, 2.05) is 17.9 Å². The fraction of sp³-hybridized carbons (Fsp3) is 0.419. The number of hydrogen-bond acceptors (Lipinski definition) is 7. The Kier molecular flexibility index (Phi) is 8.86. The second-order valence-corrected chi connectivity index (χ2v) is 10.5. The fourth-order valence-electron chi connectivity index (χ4n) is 5.56. The third kappa shape index (κ3) is 6.53. The van der Waals surface area contributed by atoms with Crippen LogP contribution >= 0.6 is 0 Å². The van der Waals surface area contributed by atoms with Gasteiger partial charge >= 0.3 is 0 Å². The number of likely N-dealkylation sites (tertiary alicyclic amines) is 1. The van der Waals surface area contributed by atoms with E-state index in [2.05, 4.69) is 56.6 Å². The molecule has 2 aromatic carbocycles. The van der Waals surface area contributed by atoms with Crippen LogP contribution in [0.4, 0.5) is 17.1 Å². The van der Waals surface area contributed by atoms with E-state index in [9.17, 15) is 14.4 Å². The van der Waals surface area contributed by atoms with Crippen molar-refractivity contribution in [3.8, 4) is 0 Å². The molecule has 3 amide bonds. The first-order valence-electron chi connectivity index (χ1n) is 14.4. The summed E-state index contributed by atoms with van der Waals surface area (Å²) in [6, 6.07) is 13.8. The zero-order valence-electron chi connectivity index (χ0n) is 23.8. The number of amides is 3. The molecule has 2 fully saturated rings. The normalized spacial score (nSPS) is 15.4. The van der Waals surface area contributed by atoms with Crippen molar-refractivity contribution in [1.29, 1.82) is 0 Å². The first-order chi connectivity index (χ1) is 19.9. The molecule has 10 nitrogen and oxygen atoms in total. The highest BCUT2D eigenvalue weighted by atomic mass is 16.3. The quantitative estimate of drug-likeness (QED) is 0.364. The van der Waals surface area contributed by atoms with Gasteiger partial charge in [-0.15, -0.1) is 0 Å². The lowest BCUT2D eigenvalue weighted by molar-refractivity contribution is -0.127. The summed E-state index contributed by atoms with van der Waals surface area (Å²) < 4.78 is 5.37. The second kappa shape index (κ2) is 12.9. The molecule has 41 heavy (non-hydrogen) atoms. The molecule has 0 saturated carbocycles. The third-order valence-corrected chi connectivity index (χ3v) is 7.82. The summed E-state index contributed by atoms with van der Waals surface area (Å²) in [5, 5.41) is 5.96. The van der Waals surface area contributed by atoms with Crippen LogP contribution in [0.2, 0.25) is 0 Å². The first kappa shape index (κ1) is 28.2. The number of hydrogen-bond donors (Lipinski definition) is 2. The van der Waals surface area contributed by atoms with Gasteiger partial charge in [-0.05, 0) is 49.6 Å². The minimum atomic E-state index is -0.372. The molecule has 0 spiro atoms. The smallest absolute Gasteiger partial charge is 0.277 e. The van der Waals surface area contributed by atoms with Gasteiger partial charge in [0.05, 0.1) is 11.4 Å². The molecule has 2 aliphatic rings. The van der Waals surface area contributed by atoms with E-state index in [1.54, 1.807) is 12.1 Å². The van der Waals surface area contributed by atoms with Crippen molar-refractivity contribution in [3.05, 3.63) is 71.4 Å². The lowest BCUT2D eigenvalue weighted by atomic mass is 10.1. The number of carbonyl (C=O) groups excluding carboxylic acids is 3.